The van der Waals surface area contributed by atoms with Crippen LogP contribution in [0, 0.1) is 0 Å². The number of hydrogen-bond donors (Lipinski definition) is 1. The summed E-state index contributed by atoms with van der Waals surface area (Å²) in [4.78, 5) is 23.5. The molecule has 1 N–H and O–H groups in total. The molecule has 0 saturated carbocycles. The van der Waals surface area contributed by atoms with Crippen LogP contribution in [0.15, 0.2) is 42.9 Å². The molecule has 3 aromatic heterocycles. The quantitative estimate of drug-likeness (QED) is 0.784. The molecule has 1 amide bonds. The molecule has 0 unspecified atom stereocenters. The van der Waals surface area contributed by atoms with Crippen LogP contribution in [0.3, 0.4) is 0 Å². The molecular formula is C19H22N6O. The predicted molar refractivity (Wildman–Crippen MR) is 97.2 cm³/mol. The van der Waals surface area contributed by atoms with E-state index in [9.17, 15) is 4.79 Å². The first kappa shape index (κ1) is 16.5. The average molecular weight is 350 g/mol. The highest BCUT2D eigenvalue weighted by atomic mass is 16.2. The Morgan fingerprint density at radius 3 is 2.81 bits per heavy atom. The molecule has 26 heavy (non-hydrogen) atoms. The molecule has 0 aliphatic carbocycles. The number of aromatic amines is 1. The SMILES string of the molecule is CCc1nccn1-c1cccc(C2CCN(C(=O)c3ccn[nH]3)CC2)n1. The van der Waals surface area contributed by atoms with Crippen molar-refractivity contribution >= 4 is 5.91 Å². The number of rotatable bonds is 4. The van der Waals surface area contributed by atoms with Gasteiger partial charge in [0.25, 0.3) is 5.91 Å². The highest BCUT2D eigenvalue weighted by Gasteiger charge is 2.26. The van der Waals surface area contributed by atoms with E-state index in [-0.39, 0.29) is 5.91 Å². The number of hydrogen-bond acceptors (Lipinski definition) is 4. The maximum Gasteiger partial charge on any atom is 0.271 e. The second kappa shape index (κ2) is 7.11. The molecule has 0 bridgehead atoms. The molecule has 7 heteroatoms. The summed E-state index contributed by atoms with van der Waals surface area (Å²) in [7, 11) is 0. The van der Waals surface area contributed by atoms with Gasteiger partial charge in [0.15, 0.2) is 0 Å². The third-order valence-corrected chi connectivity index (χ3v) is 4.97. The summed E-state index contributed by atoms with van der Waals surface area (Å²) in [5, 5.41) is 6.61. The van der Waals surface area contributed by atoms with Crippen molar-refractivity contribution in [3.63, 3.8) is 0 Å². The topological polar surface area (TPSA) is 79.7 Å². The molecule has 1 fully saturated rings. The van der Waals surface area contributed by atoms with E-state index >= 15 is 0 Å². The monoisotopic (exact) mass is 350 g/mol. The maximum atomic E-state index is 12.4. The number of aromatic nitrogens is 5. The molecular weight excluding hydrogens is 328 g/mol. The van der Waals surface area contributed by atoms with Gasteiger partial charge in [0.05, 0.1) is 0 Å². The van der Waals surface area contributed by atoms with Gasteiger partial charge in [-0.05, 0) is 31.0 Å². The lowest BCUT2D eigenvalue weighted by Gasteiger charge is -2.31. The Labute approximate surface area is 152 Å². The molecule has 0 radical (unpaired) electrons. The number of nitrogens with zero attached hydrogens (tertiary/aromatic N) is 5. The number of imidazole rings is 1. The molecule has 4 heterocycles. The maximum absolute atomic E-state index is 12.4. The van der Waals surface area contributed by atoms with E-state index in [1.165, 1.54) is 0 Å². The number of carbonyl (C=O) groups excluding carboxylic acids is 1. The standard InChI is InChI=1S/C19H22N6O/c1-2-17-20-10-13-25(17)18-5-3-4-15(22-18)14-7-11-24(12-8-14)19(26)16-6-9-21-23-16/h3-6,9-10,13-14H,2,7-8,11-12H2,1H3,(H,21,23). The summed E-state index contributed by atoms with van der Waals surface area (Å²) < 4.78 is 2.04. The molecule has 3 aromatic rings. The van der Waals surface area contributed by atoms with Crippen molar-refractivity contribution in [1.82, 2.24) is 29.6 Å². The Kier molecular flexibility index (Phi) is 4.51. The minimum atomic E-state index is 0.0219. The molecule has 4 rings (SSSR count). The minimum absolute atomic E-state index is 0.0219. The van der Waals surface area contributed by atoms with E-state index in [1.54, 1.807) is 12.3 Å². The van der Waals surface area contributed by atoms with Gasteiger partial charge in [-0.1, -0.05) is 13.0 Å². The van der Waals surface area contributed by atoms with Crippen molar-refractivity contribution in [2.24, 2.45) is 0 Å². The highest BCUT2D eigenvalue weighted by molar-refractivity contribution is 5.92. The van der Waals surface area contributed by atoms with Crippen LogP contribution in [0.4, 0.5) is 0 Å². The van der Waals surface area contributed by atoms with Gasteiger partial charge in [-0.2, -0.15) is 5.10 Å². The summed E-state index contributed by atoms with van der Waals surface area (Å²) in [5.74, 6) is 2.31. The number of piperidine rings is 1. The van der Waals surface area contributed by atoms with Gasteiger partial charge in [-0.3, -0.25) is 14.5 Å². The number of aryl methyl sites for hydroxylation is 1. The van der Waals surface area contributed by atoms with Crippen molar-refractivity contribution in [3.8, 4) is 5.82 Å². The van der Waals surface area contributed by atoms with Gasteiger partial charge in [0.2, 0.25) is 0 Å². The first-order chi connectivity index (χ1) is 12.8. The number of likely N-dealkylation sites (tertiary alicyclic amines) is 1. The van der Waals surface area contributed by atoms with Crippen LogP contribution in [0.2, 0.25) is 0 Å². The lowest BCUT2D eigenvalue weighted by Crippen LogP contribution is -2.38. The molecule has 0 aromatic carbocycles. The van der Waals surface area contributed by atoms with Gasteiger partial charge in [-0.15, -0.1) is 0 Å². The summed E-state index contributed by atoms with van der Waals surface area (Å²) >= 11 is 0. The second-order valence-electron chi connectivity index (χ2n) is 6.52. The lowest BCUT2D eigenvalue weighted by atomic mass is 9.93. The third-order valence-electron chi connectivity index (χ3n) is 4.97. The zero-order chi connectivity index (χ0) is 17.9. The van der Waals surface area contributed by atoms with Crippen LogP contribution in [-0.4, -0.2) is 48.6 Å². The summed E-state index contributed by atoms with van der Waals surface area (Å²) in [6, 6.07) is 7.87. The normalized spacial score (nSPS) is 15.3. The Bertz CT molecular complexity index is 877. The van der Waals surface area contributed by atoms with E-state index in [0.717, 1.165) is 49.7 Å². The third kappa shape index (κ3) is 3.12. The van der Waals surface area contributed by atoms with Crippen LogP contribution >= 0.6 is 0 Å². The number of H-pyrrole nitrogens is 1. The van der Waals surface area contributed by atoms with E-state index < -0.39 is 0 Å². The largest absolute Gasteiger partial charge is 0.337 e. The molecule has 1 saturated heterocycles. The van der Waals surface area contributed by atoms with E-state index in [0.29, 0.717) is 11.6 Å². The van der Waals surface area contributed by atoms with Gasteiger partial charge in [0, 0.05) is 49.7 Å². The number of amides is 1. The fourth-order valence-corrected chi connectivity index (χ4v) is 3.53. The van der Waals surface area contributed by atoms with Crippen molar-refractivity contribution < 1.29 is 4.79 Å². The second-order valence-corrected chi connectivity index (χ2v) is 6.52. The van der Waals surface area contributed by atoms with Crippen molar-refractivity contribution in [2.75, 3.05) is 13.1 Å². The first-order valence-electron chi connectivity index (χ1n) is 9.04. The van der Waals surface area contributed by atoms with Crippen LogP contribution < -0.4 is 0 Å². The van der Waals surface area contributed by atoms with Crippen LogP contribution in [0.25, 0.3) is 5.82 Å². The average Bonchev–Trinajstić information content (AvgIpc) is 3.39. The van der Waals surface area contributed by atoms with Gasteiger partial charge in [-0.25, -0.2) is 9.97 Å². The van der Waals surface area contributed by atoms with E-state index in [1.807, 2.05) is 27.9 Å². The molecule has 1 aliphatic heterocycles. The van der Waals surface area contributed by atoms with Crippen molar-refractivity contribution in [3.05, 3.63) is 60.1 Å². The molecule has 0 spiro atoms. The number of nitrogens with one attached hydrogen (secondary N) is 1. The summed E-state index contributed by atoms with van der Waals surface area (Å²) in [6.45, 7) is 3.56. The van der Waals surface area contributed by atoms with Gasteiger partial charge < -0.3 is 4.90 Å². The van der Waals surface area contributed by atoms with Crippen LogP contribution in [-0.2, 0) is 6.42 Å². The Balaban J connectivity index is 1.46. The molecule has 1 aliphatic rings. The van der Waals surface area contributed by atoms with E-state index in [2.05, 4.69) is 34.2 Å². The number of carbonyl (C=O) groups is 1. The fraction of sp³-hybridized carbons (Fsp3) is 0.368. The zero-order valence-corrected chi connectivity index (χ0v) is 14.8. The Morgan fingerprint density at radius 1 is 1.23 bits per heavy atom. The Hall–Kier alpha value is -2.96. The smallest absolute Gasteiger partial charge is 0.271 e. The van der Waals surface area contributed by atoms with Crippen LogP contribution in [0.5, 0.6) is 0 Å². The lowest BCUT2D eigenvalue weighted by molar-refractivity contribution is 0.0706. The van der Waals surface area contributed by atoms with Gasteiger partial charge >= 0.3 is 0 Å². The highest BCUT2D eigenvalue weighted by Crippen LogP contribution is 2.28. The molecule has 7 nitrogen and oxygen atoms in total. The van der Waals surface area contributed by atoms with Crippen molar-refractivity contribution in [1.29, 1.82) is 0 Å². The summed E-state index contributed by atoms with van der Waals surface area (Å²) in [6.07, 6.45) is 8.08. The van der Waals surface area contributed by atoms with E-state index in [4.69, 9.17) is 4.98 Å². The van der Waals surface area contributed by atoms with Crippen LogP contribution in [0.1, 0.15) is 47.7 Å². The zero-order valence-electron chi connectivity index (χ0n) is 14.8. The Morgan fingerprint density at radius 2 is 2.08 bits per heavy atom. The number of pyridine rings is 1. The summed E-state index contributed by atoms with van der Waals surface area (Å²) in [5.41, 5.74) is 1.64. The predicted octanol–water partition coefficient (Wildman–Crippen LogP) is 2.57. The molecule has 134 valence electrons. The van der Waals surface area contributed by atoms with Crippen molar-refractivity contribution in [2.45, 2.75) is 32.1 Å². The first-order valence-corrected chi connectivity index (χ1v) is 9.04. The fourth-order valence-electron chi connectivity index (χ4n) is 3.53. The molecule has 0 atom stereocenters. The van der Waals surface area contributed by atoms with Gasteiger partial charge in [0.1, 0.15) is 17.3 Å². The minimum Gasteiger partial charge on any atom is -0.337 e.